The molecule has 0 saturated carbocycles. The summed E-state index contributed by atoms with van der Waals surface area (Å²) in [5.74, 6) is 0.990. The van der Waals surface area contributed by atoms with Gasteiger partial charge < -0.3 is 15.0 Å². The molecule has 0 aliphatic carbocycles. The third-order valence-corrected chi connectivity index (χ3v) is 2.98. The van der Waals surface area contributed by atoms with Crippen molar-refractivity contribution in [3.63, 3.8) is 0 Å². The lowest BCUT2D eigenvalue weighted by Crippen LogP contribution is -2.32. The zero-order valence-electron chi connectivity index (χ0n) is 11.6. The first-order chi connectivity index (χ1) is 8.98. The Morgan fingerprint density at radius 1 is 1.42 bits per heavy atom. The van der Waals surface area contributed by atoms with E-state index < -0.39 is 5.41 Å². The summed E-state index contributed by atoms with van der Waals surface area (Å²) >= 11 is 0. The molecule has 0 unspecified atom stereocenters. The van der Waals surface area contributed by atoms with Gasteiger partial charge in [-0.25, -0.2) is 9.97 Å². The van der Waals surface area contributed by atoms with Gasteiger partial charge in [0, 0.05) is 7.05 Å². The molecule has 102 valence electrons. The highest BCUT2D eigenvalue weighted by atomic mass is 16.5. The molecule has 6 heteroatoms. The quantitative estimate of drug-likeness (QED) is 0.822. The zero-order valence-corrected chi connectivity index (χ0v) is 11.6. The second-order valence-corrected chi connectivity index (χ2v) is 4.75. The zero-order chi connectivity index (χ0) is 14.0. The second kappa shape index (κ2) is 4.87. The number of hydrogen-bond donors (Lipinski definition) is 2. The molecule has 0 radical (unpaired) electrons. The fourth-order valence-corrected chi connectivity index (χ4v) is 1.74. The summed E-state index contributed by atoms with van der Waals surface area (Å²) < 4.78 is 5.07. The number of nitrogens with one attached hydrogen (secondary N) is 2. The van der Waals surface area contributed by atoms with Gasteiger partial charge in [-0.3, -0.25) is 4.79 Å². The van der Waals surface area contributed by atoms with Crippen LogP contribution in [0.25, 0.3) is 11.2 Å². The van der Waals surface area contributed by atoms with Gasteiger partial charge in [0.25, 0.3) is 0 Å². The van der Waals surface area contributed by atoms with E-state index in [4.69, 9.17) is 4.74 Å². The van der Waals surface area contributed by atoms with E-state index in [9.17, 15) is 4.79 Å². The summed E-state index contributed by atoms with van der Waals surface area (Å²) in [6.07, 6.45) is 0. The molecule has 2 N–H and O–H groups in total. The SMILES string of the molecule is CCOC(=O)C(C)(C)c1nc2nc(NC)ccc2[nH]1. The molecule has 0 aliphatic heterocycles. The first-order valence-electron chi connectivity index (χ1n) is 6.21. The summed E-state index contributed by atoms with van der Waals surface area (Å²) in [6.45, 7) is 5.70. The maximum atomic E-state index is 12.0. The number of H-pyrrole nitrogens is 1. The number of ether oxygens (including phenoxy) is 1. The number of aromatic nitrogens is 3. The van der Waals surface area contributed by atoms with Gasteiger partial charge in [0.15, 0.2) is 5.65 Å². The van der Waals surface area contributed by atoms with E-state index in [2.05, 4.69) is 20.3 Å². The Balaban J connectivity index is 2.42. The molecule has 6 nitrogen and oxygen atoms in total. The molecule has 0 aliphatic rings. The van der Waals surface area contributed by atoms with E-state index in [0.29, 0.717) is 18.1 Å². The standard InChI is InChI=1S/C13H18N4O2/c1-5-19-12(18)13(2,3)11-15-8-6-7-9(14-4)16-10(8)17-11/h6-7H,5H2,1-4H3,(H2,14,15,16,17). The van der Waals surface area contributed by atoms with Crippen LogP contribution < -0.4 is 5.32 Å². The Labute approximate surface area is 111 Å². The normalized spacial score (nSPS) is 11.6. The molecule has 2 rings (SSSR count). The van der Waals surface area contributed by atoms with Crippen molar-refractivity contribution < 1.29 is 9.53 Å². The van der Waals surface area contributed by atoms with Crippen LogP contribution in [0.4, 0.5) is 5.82 Å². The van der Waals surface area contributed by atoms with E-state index in [0.717, 1.165) is 11.3 Å². The minimum Gasteiger partial charge on any atom is -0.465 e. The average molecular weight is 262 g/mol. The lowest BCUT2D eigenvalue weighted by atomic mass is 9.93. The van der Waals surface area contributed by atoms with Crippen LogP contribution in [-0.4, -0.2) is 34.6 Å². The van der Waals surface area contributed by atoms with Crippen LogP contribution in [0, 0.1) is 0 Å². The van der Waals surface area contributed by atoms with Crippen molar-refractivity contribution in [1.82, 2.24) is 15.0 Å². The summed E-state index contributed by atoms with van der Waals surface area (Å²) in [7, 11) is 1.80. The van der Waals surface area contributed by atoms with Crippen LogP contribution in [-0.2, 0) is 14.9 Å². The van der Waals surface area contributed by atoms with Gasteiger partial charge in [-0.1, -0.05) is 0 Å². The van der Waals surface area contributed by atoms with Crippen LogP contribution in [0.1, 0.15) is 26.6 Å². The lowest BCUT2D eigenvalue weighted by molar-refractivity contribution is -0.149. The number of anilines is 1. The van der Waals surface area contributed by atoms with Crippen molar-refractivity contribution >= 4 is 23.0 Å². The van der Waals surface area contributed by atoms with Crippen LogP contribution in [0.3, 0.4) is 0 Å². The third-order valence-electron chi connectivity index (χ3n) is 2.98. The molecule has 2 aromatic heterocycles. The van der Waals surface area contributed by atoms with Crippen LogP contribution in [0.2, 0.25) is 0 Å². The first kappa shape index (κ1) is 13.3. The predicted molar refractivity (Wildman–Crippen MR) is 73.1 cm³/mol. The molecular weight excluding hydrogens is 244 g/mol. The molecule has 0 saturated heterocycles. The van der Waals surface area contributed by atoms with Crippen molar-refractivity contribution in [2.24, 2.45) is 0 Å². The van der Waals surface area contributed by atoms with Gasteiger partial charge in [0.1, 0.15) is 17.1 Å². The number of nitrogens with zero attached hydrogens (tertiary/aromatic N) is 2. The minimum absolute atomic E-state index is 0.303. The maximum absolute atomic E-state index is 12.0. The molecule has 2 heterocycles. The number of esters is 1. The monoisotopic (exact) mass is 262 g/mol. The Morgan fingerprint density at radius 3 is 2.79 bits per heavy atom. The summed E-state index contributed by atoms with van der Waals surface area (Å²) in [5.41, 5.74) is 0.557. The van der Waals surface area contributed by atoms with E-state index in [-0.39, 0.29) is 5.97 Å². The summed E-state index contributed by atoms with van der Waals surface area (Å²) in [4.78, 5) is 23.8. The number of hydrogen-bond acceptors (Lipinski definition) is 5. The van der Waals surface area contributed by atoms with E-state index in [1.807, 2.05) is 12.1 Å². The smallest absolute Gasteiger partial charge is 0.319 e. The predicted octanol–water partition coefficient (Wildman–Crippen LogP) is 1.84. The maximum Gasteiger partial charge on any atom is 0.319 e. The molecule has 0 fully saturated rings. The van der Waals surface area contributed by atoms with Crippen molar-refractivity contribution in [3.8, 4) is 0 Å². The Bertz CT molecular complexity index is 604. The van der Waals surface area contributed by atoms with Crippen LogP contribution >= 0.6 is 0 Å². The number of rotatable bonds is 4. The molecule has 0 spiro atoms. The van der Waals surface area contributed by atoms with Gasteiger partial charge in [-0.15, -0.1) is 0 Å². The molecular formula is C13H18N4O2. The molecule has 0 bridgehead atoms. The minimum atomic E-state index is -0.823. The van der Waals surface area contributed by atoms with Crippen LogP contribution in [0.5, 0.6) is 0 Å². The highest BCUT2D eigenvalue weighted by molar-refractivity contribution is 5.83. The van der Waals surface area contributed by atoms with E-state index in [1.165, 1.54) is 0 Å². The number of fused-ring (bicyclic) bond motifs is 1. The van der Waals surface area contributed by atoms with Crippen LogP contribution in [0.15, 0.2) is 12.1 Å². The molecule has 2 aromatic rings. The number of aromatic amines is 1. The van der Waals surface area contributed by atoms with Gasteiger partial charge in [0.05, 0.1) is 12.1 Å². The fraction of sp³-hybridized carbons (Fsp3) is 0.462. The third kappa shape index (κ3) is 2.38. The lowest BCUT2D eigenvalue weighted by Gasteiger charge is -2.19. The number of carbonyl (C=O) groups is 1. The molecule has 19 heavy (non-hydrogen) atoms. The van der Waals surface area contributed by atoms with Gasteiger partial charge in [0.2, 0.25) is 0 Å². The first-order valence-corrected chi connectivity index (χ1v) is 6.21. The average Bonchev–Trinajstić information content (AvgIpc) is 2.82. The number of imidazole rings is 1. The summed E-state index contributed by atoms with van der Waals surface area (Å²) in [6, 6.07) is 3.73. The Kier molecular flexibility index (Phi) is 3.42. The highest BCUT2D eigenvalue weighted by Gasteiger charge is 2.34. The highest BCUT2D eigenvalue weighted by Crippen LogP contribution is 2.24. The second-order valence-electron chi connectivity index (χ2n) is 4.75. The Hall–Kier alpha value is -2.11. The molecule has 0 aromatic carbocycles. The van der Waals surface area contributed by atoms with Crippen molar-refractivity contribution in [2.75, 3.05) is 19.0 Å². The molecule has 0 amide bonds. The molecule has 0 atom stereocenters. The van der Waals surface area contributed by atoms with E-state index >= 15 is 0 Å². The van der Waals surface area contributed by atoms with Crippen molar-refractivity contribution in [2.45, 2.75) is 26.2 Å². The van der Waals surface area contributed by atoms with Crippen molar-refractivity contribution in [1.29, 1.82) is 0 Å². The van der Waals surface area contributed by atoms with Crippen molar-refractivity contribution in [3.05, 3.63) is 18.0 Å². The van der Waals surface area contributed by atoms with Gasteiger partial charge >= 0.3 is 5.97 Å². The topological polar surface area (TPSA) is 79.9 Å². The fourth-order valence-electron chi connectivity index (χ4n) is 1.74. The largest absolute Gasteiger partial charge is 0.465 e. The van der Waals surface area contributed by atoms with Gasteiger partial charge in [-0.05, 0) is 32.9 Å². The van der Waals surface area contributed by atoms with Gasteiger partial charge in [-0.2, -0.15) is 0 Å². The summed E-state index contributed by atoms with van der Waals surface area (Å²) in [5, 5.41) is 2.95. The number of carbonyl (C=O) groups excluding carboxylic acids is 1. The Morgan fingerprint density at radius 2 is 2.16 bits per heavy atom. The van der Waals surface area contributed by atoms with E-state index in [1.54, 1.807) is 27.8 Å². The number of pyridine rings is 1.